The number of methoxy groups -OCH3 is 2. The second kappa shape index (κ2) is 7.19. The van der Waals surface area contributed by atoms with Crippen LogP contribution < -0.4 is 10.5 Å². The summed E-state index contributed by atoms with van der Waals surface area (Å²) in [5, 5.41) is 0. The highest BCUT2D eigenvalue weighted by Gasteiger charge is 2.42. The van der Waals surface area contributed by atoms with E-state index in [1.54, 1.807) is 0 Å². The molecule has 0 amide bonds. The minimum absolute atomic E-state index is 0. The molecule has 0 bridgehead atoms. The van der Waals surface area contributed by atoms with Crippen molar-refractivity contribution >= 4 is 18.4 Å². The average molecular weight is 342 g/mol. The topological polar surface area (TPSA) is 61.5 Å². The van der Waals surface area contributed by atoms with Crippen molar-refractivity contribution in [3.05, 3.63) is 29.3 Å². The van der Waals surface area contributed by atoms with Gasteiger partial charge in [-0.1, -0.05) is 6.07 Å². The molecular weight excluding hydrogens is 323 g/mol. The largest absolute Gasteiger partial charge is 0.497 e. The number of alkyl halides is 3. The standard InChI is InChI=1S/C14H18F3NO3.ClH/c1-13(2,12(19)21-4)11(18)9-6-5-8(20-3)7-10(9)14(15,16)17;/h5-7,11H,18H2,1-4H3;1H/t11-;/m1./s1. The summed E-state index contributed by atoms with van der Waals surface area (Å²) in [7, 11) is 2.43. The highest BCUT2D eigenvalue weighted by Crippen LogP contribution is 2.41. The van der Waals surface area contributed by atoms with Crippen LogP contribution in [-0.4, -0.2) is 20.2 Å². The van der Waals surface area contributed by atoms with Crippen molar-refractivity contribution in [2.75, 3.05) is 14.2 Å². The van der Waals surface area contributed by atoms with Crippen molar-refractivity contribution in [3.63, 3.8) is 0 Å². The third-order valence-corrected chi connectivity index (χ3v) is 3.39. The molecule has 1 aromatic carbocycles. The zero-order valence-corrected chi connectivity index (χ0v) is 13.5. The SMILES string of the molecule is COC(=O)C(C)(C)[C@H](N)c1ccc(OC)cc1C(F)(F)F.Cl. The molecule has 22 heavy (non-hydrogen) atoms. The fourth-order valence-electron chi connectivity index (χ4n) is 1.96. The van der Waals surface area contributed by atoms with Crippen LogP contribution in [-0.2, 0) is 15.7 Å². The molecule has 0 aliphatic carbocycles. The first-order valence-electron chi connectivity index (χ1n) is 6.14. The van der Waals surface area contributed by atoms with Crippen LogP contribution in [0.15, 0.2) is 18.2 Å². The second-order valence-corrected chi connectivity index (χ2v) is 5.14. The quantitative estimate of drug-likeness (QED) is 0.853. The Morgan fingerprint density at radius 2 is 1.77 bits per heavy atom. The summed E-state index contributed by atoms with van der Waals surface area (Å²) in [6.45, 7) is 2.88. The zero-order valence-electron chi connectivity index (χ0n) is 12.7. The lowest BCUT2D eigenvalue weighted by molar-refractivity contribution is -0.153. The van der Waals surface area contributed by atoms with E-state index in [1.807, 2.05) is 0 Å². The minimum Gasteiger partial charge on any atom is -0.497 e. The fraction of sp³-hybridized carbons (Fsp3) is 0.500. The summed E-state index contributed by atoms with van der Waals surface area (Å²) >= 11 is 0. The Hall–Kier alpha value is -1.47. The molecule has 0 aliphatic rings. The average Bonchev–Trinajstić information content (AvgIpc) is 2.43. The number of nitrogens with two attached hydrogens (primary N) is 1. The number of rotatable bonds is 4. The van der Waals surface area contributed by atoms with Crippen LogP contribution in [0.4, 0.5) is 13.2 Å². The maximum atomic E-state index is 13.2. The van der Waals surface area contributed by atoms with E-state index in [0.717, 1.165) is 13.2 Å². The molecule has 1 aromatic rings. The van der Waals surface area contributed by atoms with Gasteiger partial charge in [0, 0.05) is 6.04 Å². The minimum atomic E-state index is -4.60. The Morgan fingerprint density at radius 1 is 1.23 bits per heavy atom. The first-order chi connectivity index (χ1) is 9.55. The van der Waals surface area contributed by atoms with Crippen LogP contribution >= 0.6 is 12.4 Å². The molecule has 1 atom stereocenters. The van der Waals surface area contributed by atoms with E-state index in [2.05, 4.69) is 4.74 Å². The molecule has 0 aliphatic heterocycles. The van der Waals surface area contributed by atoms with Gasteiger partial charge in [0.15, 0.2) is 0 Å². The number of carbonyl (C=O) groups is 1. The summed E-state index contributed by atoms with van der Waals surface area (Å²) < 4.78 is 48.9. The maximum absolute atomic E-state index is 13.2. The molecule has 0 aromatic heterocycles. The lowest BCUT2D eigenvalue weighted by Gasteiger charge is -2.30. The lowest BCUT2D eigenvalue weighted by atomic mass is 9.79. The van der Waals surface area contributed by atoms with Crippen LogP contribution in [0.1, 0.15) is 31.0 Å². The van der Waals surface area contributed by atoms with E-state index >= 15 is 0 Å². The van der Waals surface area contributed by atoms with E-state index in [4.69, 9.17) is 10.5 Å². The van der Waals surface area contributed by atoms with E-state index in [9.17, 15) is 18.0 Å². The molecule has 0 heterocycles. The molecule has 8 heteroatoms. The molecule has 126 valence electrons. The van der Waals surface area contributed by atoms with Gasteiger partial charge in [0.05, 0.1) is 25.2 Å². The molecule has 2 N–H and O–H groups in total. The van der Waals surface area contributed by atoms with E-state index in [1.165, 1.54) is 33.1 Å². The predicted molar refractivity (Wildman–Crippen MR) is 78.0 cm³/mol. The van der Waals surface area contributed by atoms with Crippen LogP contribution in [0.25, 0.3) is 0 Å². The smallest absolute Gasteiger partial charge is 0.416 e. The van der Waals surface area contributed by atoms with Crippen molar-refractivity contribution in [2.45, 2.75) is 26.1 Å². The van der Waals surface area contributed by atoms with Gasteiger partial charge in [-0.2, -0.15) is 13.2 Å². The number of benzene rings is 1. The first kappa shape index (κ1) is 20.5. The molecular formula is C14H19ClF3NO3. The van der Waals surface area contributed by atoms with Crippen molar-refractivity contribution in [2.24, 2.45) is 11.1 Å². The van der Waals surface area contributed by atoms with Gasteiger partial charge < -0.3 is 15.2 Å². The summed E-state index contributed by atoms with van der Waals surface area (Å²) in [5.41, 5.74) is 3.49. The molecule has 0 fully saturated rings. The number of carbonyl (C=O) groups excluding carboxylic acids is 1. The number of ether oxygens (including phenoxy) is 2. The third kappa shape index (κ3) is 4.04. The molecule has 0 saturated carbocycles. The van der Waals surface area contributed by atoms with Crippen molar-refractivity contribution in [1.82, 2.24) is 0 Å². The Morgan fingerprint density at radius 3 is 2.18 bits per heavy atom. The highest BCUT2D eigenvalue weighted by atomic mass is 35.5. The molecule has 4 nitrogen and oxygen atoms in total. The van der Waals surface area contributed by atoms with E-state index in [-0.39, 0.29) is 23.7 Å². The fourth-order valence-corrected chi connectivity index (χ4v) is 1.96. The Bertz CT molecular complexity index is 533. The highest BCUT2D eigenvalue weighted by molar-refractivity contribution is 5.85. The van der Waals surface area contributed by atoms with Crippen molar-refractivity contribution < 1.29 is 27.4 Å². The monoisotopic (exact) mass is 341 g/mol. The van der Waals surface area contributed by atoms with Gasteiger partial charge in [-0.25, -0.2) is 0 Å². The summed E-state index contributed by atoms with van der Waals surface area (Å²) in [4.78, 5) is 11.7. The zero-order chi connectivity index (χ0) is 16.4. The number of esters is 1. The number of hydrogen-bond acceptors (Lipinski definition) is 4. The Kier molecular flexibility index (Phi) is 6.71. The predicted octanol–water partition coefficient (Wildman–Crippen LogP) is 3.33. The summed E-state index contributed by atoms with van der Waals surface area (Å²) in [6.07, 6.45) is -4.60. The molecule has 0 saturated heterocycles. The third-order valence-electron chi connectivity index (χ3n) is 3.39. The lowest BCUT2D eigenvalue weighted by Crippen LogP contribution is -2.38. The van der Waals surface area contributed by atoms with Crippen molar-refractivity contribution in [1.29, 1.82) is 0 Å². The molecule has 0 radical (unpaired) electrons. The summed E-state index contributed by atoms with van der Waals surface area (Å²) in [6, 6.07) is 2.28. The molecule has 0 spiro atoms. The van der Waals surface area contributed by atoms with Gasteiger partial charge >= 0.3 is 12.1 Å². The van der Waals surface area contributed by atoms with Gasteiger partial charge in [0.25, 0.3) is 0 Å². The molecule has 0 unspecified atom stereocenters. The van der Waals surface area contributed by atoms with Crippen LogP contribution in [0, 0.1) is 5.41 Å². The number of halogens is 4. The van der Waals surface area contributed by atoms with Gasteiger partial charge in [0.2, 0.25) is 0 Å². The normalized spacial score (nSPS) is 13.1. The Balaban J connectivity index is 0.00000441. The van der Waals surface area contributed by atoms with Gasteiger partial charge in [-0.15, -0.1) is 12.4 Å². The second-order valence-electron chi connectivity index (χ2n) is 5.14. The van der Waals surface area contributed by atoms with Crippen molar-refractivity contribution in [3.8, 4) is 5.75 Å². The first-order valence-corrected chi connectivity index (χ1v) is 6.14. The van der Waals surface area contributed by atoms with E-state index in [0.29, 0.717) is 0 Å². The Labute approximate surface area is 133 Å². The van der Waals surface area contributed by atoms with Crippen LogP contribution in [0.3, 0.4) is 0 Å². The van der Waals surface area contributed by atoms with E-state index < -0.39 is 29.2 Å². The van der Waals surface area contributed by atoms with Gasteiger partial charge in [0.1, 0.15) is 5.75 Å². The van der Waals surface area contributed by atoms with Crippen LogP contribution in [0.2, 0.25) is 0 Å². The molecule has 1 rings (SSSR count). The van der Waals surface area contributed by atoms with Crippen LogP contribution in [0.5, 0.6) is 5.75 Å². The number of hydrogen-bond donors (Lipinski definition) is 1. The summed E-state index contributed by atoms with van der Waals surface area (Å²) in [5.74, 6) is -0.618. The van der Waals surface area contributed by atoms with Gasteiger partial charge in [-0.05, 0) is 31.5 Å². The maximum Gasteiger partial charge on any atom is 0.416 e. The van der Waals surface area contributed by atoms with Gasteiger partial charge in [-0.3, -0.25) is 4.79 Å².